The number of carbonyl (C=O) groups excluding carboxylic acids is 1. The highest BCUT2D eigenvalue weighted by Crippen LogP contribution is 2.33. The van der Waals surface area contributed by atoms with Crippen LogP contribution in [-0.2, 0) is 4.74 Å². The van der Waals surface area contributed by atoms with Crippen LogP contribution in [0, 0.1) is 0 Å². The van der Waals surface area contributed by atoms with Crippen molar-refractivity contribution in [1.29, 1.82) is 0 Å². The molecule has 4 nitrogen and oxygen atoms in total. The number of pyridine rings is 1. The number of nitrogens with zero attached hydrogens (tertiary/aromatic N) is 1. The SMILES string of the molecule is CCOC(=O)c1sc2ccncc2c1N. The fraction of sp³-hybridized carbons (Fsp3) is 0.200. The second kappa shape index (κ2) is 3.86. The highest BCUT2D eigenvalue weighted by Gasteiger charge is 2.16. The Morgan fingerprint density at radius 2 is 2.47 bits per heavy atom. The van der Waals surface area contributed by atoms with Gasteiger partial charge in [0.15, 0.2) is 0 Å². The summed E-state index contributed by atoms with van der Waals surface area (Å²) in [6.45, 7) is 2.12. The molecule has 0 amide bonds. The lowest BCUT2D eigenvalue weighted by Gasteiger charge is -1.98. The Hall–Kier alpha value is -1.62. The first-order valence-corrected chi connectivity index (χ1v) is 5.34. The van der Waals surface area contributed by atoms with Gasteiger partial charge in [-0.3, -0.25) is 4.98 Å². The molecule has 2 aromatic rings. The summed E-state index contributed by atoms with van der Waals surface area (Å²) in [6, 6.07) is 1.83. The minimum atomic E-state index is -0.365. The predicted molar refractivity (Wildman–Crippen MR) is 60.0 cm³/mol. The van der Waals surface area contributed by atoms with E-state index in [1.807, 2.05) is 6.07 Å². The summed E-state index contributed by atoms with van der Waals surface area (Å²) < 4.78 is 5.86. The Morgan fingerprint density at radius 3 is 3.13 bits per heavy atom. The van der Waals surface area contributed by atoms with Gasteiger partial charge >= 0.3 is 5.97 Å². The van der Waals surface area contributed by atoms with Crippen molar-refractivity contribution in [2.24, 2.45) is 0 Å². The van der Waals surface area contributed by atoms with Gasteiger partial charge in [0.25, 0.3) is 0 Å². The summed E-state index contributed by atoms with van der Waals surface area (Å²) in [6.07, 6.45) is 3.33. The molecule has 2 heterocycles. The normalized spacial score (nSPS) is 10.5. The fourth-order valence-corrected chi connectivity index (χ4v) is 2.29. The van der Waals surface area contributed by atoms with Gasteiger partial charge in [0.2, 0.25) is 0 Å². The number of hydrogen-bond acceptors (Lipinski definition) is 5. The van der Waals surface area contributed by atoms with Crippen LogP contribution in [-0.4, -0.2) is 17.6 Å². The van der Waals surface area contributed by atoms with E-state index in [1.165, 1.54) is 11.3 Å². The molecule has 2 N–H and O–H groups in total. The van der Waals surface area contributed by atoms with E-state index in [2.05, 4.69) is 4.98 Å². The maximum absolute atomic E-state index is 11.5. The maximum Gasteiger partial charge on any atom is 0.350 e. The highest BCUT2D eigenvalue weighted by molar-refractivity contribution is 7.21. The Labute approximate surface area is 90.7 Å². The third-order valence-electron chi connectivity index (χ3n) is 1.99. The first-order chi connectivity index (χ1) is 7.24. The van der Waals surface area contributed by atoms with E-state index in [0.717, 1.165) is 10.1 Å². The van der Waals surface area contributed by atoms with Gasteiger partial charge in [-0.2, -0.15) is 0 Å². The molecule has 0 aliphatic heterocycles. The van der Waals surface area contributed by atoms with Crippen LogP contribution >= 0.6 is 11.3 Å². The Balaban J connectivity index is 2.53. The molecule has 0 aliphatic rings. The molecule has 5 heteroatoms. The Morgan fingerprint density at radius 1 is 1.67 bits per heavy atom. The van der Waals surface area contributed by atoms with Crippen molar-refractivity contribution >= 4 is 33.1 Å². The van der Waals surface area contributed by atoms with Crippen molar-refractivity contribution in [3.8, 4) is 0 Å². The monoisotopic (exact) mass is 222 g/mol. The number of rotatable bonds is 2. The molecule has 78 valence electrons. The Bertz CT molecular complexity index is 507. The second-order valence-corrected chi connectivity index (χ2v) is 3.99. The molecule has 0 bridgehead atoms. The van der Waals surface area contributed by atoms with Crippen LogP contribution in [0.5, 0.6) is 0 Å². The molecular formula is C10H10N2O2S. The summed E-state index contributed by atoms with van der Waals surface area (Å²) in [5.41, 5.74) is 6.30. The molecule has 2 rings (SSSR count). The van der Waals surface area contributed by atoms with E-state index in [-0.39, 0.29) is 5.97 Å². The van der Waals surface area contributed by atoms with E-state index in [1.54, 1.807) is 19.3 Å². The average Bonchev–Trinajstić information content (AvgIpc) is 2.57. The second-order valence-electron chi connectivity index (χ2n) is 2.94. The first kappa shape index (κ1) is 9.92. The number of anilines is 1. The quantitative estimate of drug-likeness (QED) is 0.790. The lowest BCUT2D eigenvalue weighted by molar-refractivity contribution is 0.0533. The van der Waals surface area contributed by atoms with Gasteiger partial charge < -0.3 is 10.5 Å². The van der Waals surface area contributed by atoms with Gasteiger partial charge in [-0.15, -0.1) is 11.3 Å². The molecule has 15 heavy (non-hydrogen) atoms. The minimum absolute atomic E-state index is 0.352. The van der Waals surface area contributed by atoms with Gasteiger partial charge in [0.1, 0.15) is 4.88 Å². The van der Waals surface area contributed by atoms with Gasteiger partial charge in [0, 0.05) is 22.5 Å². The summed E-state index contributed by atoms with van der Waals surface area (Å²) >= 11 is 1.33. The number of hydrogen-bond donors (Lipinski definition) is 1. The van der Waals surface area contributed by atoms with E-state index in [4.69, 9.17) is 10.5 Å². The van der Waals surface area contributed by atoms with E-state index in [9.17, 15) is 4.79 Å². The third-order valence-corrected chi connectivity index (χ3v) is 3.16. The van der Waals surface area contributed by atoms with Crippen molar-refractivity contribution < 1.29 is 9.53 Å². The van der Waals surface area contributed by atoms with E-state index >= 15 is 0 Å². The number of fused-ring (bicyclic) bond motifs is 1. The molecule has 0 aliphatic carbocycles. The molecular weight excluding hydrogens is 212 g/mol. The zero-order chi connectivity index (χ0) is 10.8. The number of aromatic nitrogens is 1. The molecule has 0 radical (unpaired) electrons. The smallest absolute Gasteiger partial charge is 0.350 e. The van der Waals surface area contributed by atoms with E-state index in [0.29, 0.717) is 17.2 Å². The maximum atomic E-state index is 11.5. The van der Waals surface area contributed by atoms with Crippen LogP contribution in [0.4, 0.5) is 5.69 Å². The first-order valence-electron chi connectivity index (χ1n) is 4.53. The van der Waals surface area contributed by atoms with Crippen LogP contribution in [0.1, 0.15) is 16.6 Å². The lowest BCUT2D eigenvalue weighted by atomic mass is 10.3. The molecule has 0 saturated heterocycles. The summed E-state index contributed by atoms with van der Waals surface area (Å²) in [5, 5.41) is 0.811. The van der Waals surface area contributed by atoms with Crippen molar-refractivity contribution in [2.45, 2.75) is 6.92 Å². The highest BCUT2D eigenvalue weighted by atomic mass is 32.1. The van der Waals surface area contributed by atoms with Gasteiger partial charge in [0.05, 0.1) is 12.3 Å². The molecule has 0 saturated carbocycles. The van der Waals surface area contributed by atoms with Crippen molar-refractivity contribution in [3.63, 3.8) is 0 Å². The van der Waals surface area contributed by atoms with Crippen LogP contribution < -0.4 is 5.73 Å². The zero-order valence-electron chi connectivity index (χ0n) is 8.19. The number of carbonyl (C=O) groups is 1. The Kier molecular flexibility index (Phi) is 2.55. The van der Waals surface area contributed by atoms with Crippen LogP contribution in [0.15, 0.2) is 18.5 Å². The van der Waals surface area contributed by atoms with Crippen LogP contribution in [0.2, 0.25) is 0 Å². The predicted octanol–water partition coefficient (Wildman–Crippen LogP) is 2.06. The van der Waals surface area contributed by atoms with Crippen molar-refractivity contribution in [3.05, 3.63) is 23.3 Å². The number of nitrogen functional groups attached to an aromatic ring is 1. The number of esters is 1. The summed E-state index contributed by atoms with van der Waals surface area (Å²) in [4.78, 5) is 15.9. The largest absolute Gasteiger partial charge is 0.462 e. The van der Waals surface area contributed by atoms with Gasteiger partial charge in [-0.1, -0.05) is 0 Å². The molecule has 0 unspecified atom stereocenters. The topological polar surface area (TPSA) is 65.2 Å². The lowest BCUT2D eigenvalue weighted by Crippen LogP contribution is -2.04. The summed E-state index contributed by atoms with van der Waals surface area (Å²) in [7, 11) is 0. The van der Waals surface area contributed by atoms with E-state index < -0.39 is 0 Å². The number of nitrogens with two attached hydrogens (primary N) is 1. The van der Waals surface area contributed by atoms with Crippen LogP contribution in [0.3, 0.4) is 0 Å². The standard InChI is InChI=1S/C10H10N2O2S/c1-2-14-10(13)9-8(11)6-5-12-4-3-7(6)15-9/h3-5H,2,11H2,1H3. The van der Waals surface area contributed by atoms with Gasteiger partial charge in [-0.25, -0.2) is 4.79 Å². The molecule has 0 atom stereocenters. The van der Waals surface area contributed by atoms with Crippen LogP contribution in [0.25, 0.3) is 10.1 Å². The molecule has 2 aromatic heterocycles. The fourth-order valence-electron chi connectivity index (χ4n) is 1.31. The zero-order valence-corrected chi connectivity index (χ0v) is 9.00. The number of ether oxygens (including phenoxy) is 1. The van der Waals surface area contributed by atoms with Crippen molar-refractivity contribution in [2.75, 3.05) is 12.3 Å². The average molecular weight is 222 g/mol. The molecule has 0 aromatic carbocycles. The van der Waals surface area contributed by atoms with Gasteiger partial charge in [-0.05, 0) is 13.0 Å². The van der Waals surface area contributed by atoms with Crippen molar-refractivity contribution in [1.82, 2.24) is 4.98 Å². The summed E-state index contributed by atoms with van der Waals surface area (Å²) in [5.74, 6) is -0.365. The number of thiophene rings is 1. The molecule has 0 fully saturated rings. The molecule has 0 spiro atoms. The third kappa shape index (κ3) is 1.66. The minimum Gasteiger partial charge on any atom is -0.462 e.